The van der Waals surface area contributed by atoms with Crippen LogP contribution in [-0.2, 0) is 11.2 Å². The van der Waals surface area contributed by atoms with Gasteiger partial charge in [-0.3, -0.25) is 4.79 Å². The standard InChI is InChI=1S/C12H13NO2/c1-3-7(2)9-4-8-5-12(15)13-10(8)6-11(9)14/h4,6,14H,2-3,5H2,1H3,(H,13,15). The maximum absolute atomic E-state index is 11.1. The van der Waals surface area contributed by atoms with Gasteiger partial charge in [0.15, 0.2) is 0 Å². The lowest BCUT2D eigenvalue weighted by atomic mass is 10.00. The minimum absolute atomic E-state index is 0.0244. The summed E-state index contributed by atoms with van der Waals surface area (Å²) in [6, 6.07) is 3.44. The van der Waals surface area contributed by atoms with Crippen LogP contribution in [-0.4, -0.2) is 11.0 Å². The van der Waals surface area contributed by atoms with Gasteiger partial charge in [0.1, 0.15) is 5.75 Å². The van der Waals surface area contributed by atoms with Gasteiger partial charge in [0.05, 0.1) is 6.42 Å². The highest BCUT2D eigenvalue weighted by Gasteiger charge is 2.20. The molecule has 1 amide bonds. The molecule has 0 radical (unpaired) electrons. The molecule has 0 spiro atoms. The molecule has 2 N–H and O–H groups in total. The van der Waals surface area contributed by atoms with Crippen LogP contribution in [0.25, 0.3) is 5.57 Å². The SMILES string of the molecule is C=C(CC)c1cc2c(cc1O)NC(=O)C2. The summed E-state index contributed by atoms with van der Waals surface area (Å²) in [5.41, 5.74) is 3.27. The van der Waals surface area contributed by atoms with Crippen LogP contribution in [0.3, 0.4) is 0 Å². The third kappa shape index (κ3) is 1.61. The number of hydrogen-bond donors (Lipinski definition) is 2. The number of rotatable bonds is 2. The average molecular weight is 203 g/mol. The lowest BCUT2D eigenvalue weighted by Crippen LogP contribution is -2.03. The van der Waals surface area contributed by atoms with Crippen molar-refractivity contribution in [3.8, 4) is 5.75 Å². The van der Waals surface area contributed by atoms with Crippen LogP contribution in [0, 0.1) is 0 Å². The number of hydrogen-bond acceptors (Lipinski definition) is 2. The van der Waals surface area contributed by atoms with Crippen molar-refractivity contribution in [3.63, 3.8) is 0 Å². The van der Waals surface area contributed by atoms with E-state index in [2.05, 4.69) is 11.9 Å². The van der Waals surface area contributed by atoms with E-state index in [0.29, 0.717) is 12.1 Å². The Balaban J connectivity index is 2.48. The number of allylic oxidation sites excluding steroid dienone is 1. The summed E-state index contributed by atoms with van der Waals surface area (Å²) >= 11 is 0. The highest BCUT2D eigenvalue weighted by atomic mass is 16.3. The monoisotopic (exact) mass is 203 g/mol. The van der Waals surface area contributed by atoms with Gasteiger partial charge >= 0.3 is 0 Å². The van der Waals surface area contributed by atoms with E-state index in [1.54, 1.807) is 6.07 Å². The molecular formula is C12H13NO2. The van der Waals surface area contributed by atoms with Crippen LogP contribution < -0.4 is 5.32 Å². The van der Waals surface area contributed by atoms with E-state index < -0.39 is 0 Å². The summed E-state index contributed by atoms with van der Waals surface area (Å²) < 4.78 is 0. The van der Waals surface area contributed by atoms with Crippen LogP contribution in [0.1, 0.15) is 24.5 Å². The van der Waals surface area contributed by atoms with Gasteiger partial charge in [0.2, 0.25) is 5.91 Å². The van der Waals surface area contributed by atoms with Gasteiger partial charge in [-0.05, 0) is 23.6 Å². The molecule has 0 aliphatic carbocycles. The van der Waals surface area contributed by atoms with Gasteiger partial charge in [-0.25, -0.2) is 0 Å². The molecular weight excluding hydrogens is 190 g/mol. The van der Waals surface area contributed by atoms with Crippen molar-refractivity contribution < 1.29 is 9.90 Å². The van der Waals surface area contributed by atoms with Gasteiger partial charge in [0, 0.05) is 17.3 Å². The number of benzene rings is 1. The van der Waals surface area contributed by atoms with E-state index in [-0.39, 0.29) is 11.7 Å². The van der Waals surface area contributed by atoms with Crippen molar-refractivity contribution in [2.75, 3.05) is 5.32 Å². The summed E-state index contributed by atoms with van der Waals surface area (Å²) in [5, 5.41) is 12.4. The predicted octanol–water partition coefficient (Wildman–Crippen LogP) is 2.31. The van der Waals surface area contributed by atoms with Crippen LogP contribution in [0.4, 0.5) is 5.69 Å². The predicted molar refractivity (Wildman–Crippen MR) is 59.8 cm³/mol. The molecule has 0 fully saturated rings. The Hall–Kier alpha value is -1.77. The summed E-state index contributed by atoms with van der Waals surface area (Å²) in [4.78, 5) is 11.1. The molecule has 1 aromatic carbocycles. The molecule has 1 aliphatic heterocycles. The first kappa shape index (κ1) is 9.77. The van der Waals surface area contributed by atoms with Crippen molar-refractivity contribution in [2.24, 2.45) is 0 Å². The summed E-state index contributed by atoms with van der Waals surface area (Å²) in [6.45, 7) is 5.87. The van der Waals surface area contributed by atoms with E-state index in [1.807, 2.05) is 13.0 Å². The molecule has 1 aliphatic rings. The average Bonchev–Trinajstić information content (AvgIpc) is 2.55. The molecule has 0 atom stereocenters. The number of nitrogens with one attached hydrogen (secondary N) is 1. The van der Waals surface area contributed by atoms with E-state index in [1.165, 1.54) is 0 Å². The minimum atomic E-state index is -0.0244. The number of aromatic hydroxyl groups is 1. The maximum Gasteiger partial charge on any atom is 0.228 e. The third-order valence-corrected chi connectivity index (χ3v) is 2.65. The zero-order valence-electron chi connectivity index (χ0n) is 8.63. The molecule has 1 aromatic rings. The Morgan fingerprint density at radius 1 is 1.60 bits per heavy atom. The Labute approximate surface area is 88.4 Å². The summed E-state index contributed by atoms with van der Waals surface area (Å²) in [6.07, 6.45) is 1.17. The number of phenolic OH excluding ortho intramolecular Hbond substituents is 1. The topological polar surface area (TPSA) is 49.3 Å². The minimum Gasteiger partial charge on any atom is -0.507 e. The van der Waals surface area contributed by atoms with E-state index >= 15 is 0 Å². The second-order valence-electron chi connectivity index (χ2n) is 3.71. The number of fused-ring (bicyclic) bond motifs is 1. The molecule has 3 heteroatoms. The fourth-order valence-corrected chi connectivity index (χ4v) is 1.74. The van der Waals surface area contributed by atoms with Gasteiger partial charge in [-0.2, -0.15) is 0 Å². The molecule has 0 bridgehead atoms. The van der Waals surface area contributed by atoms with Crippen molar-refractivity contribution in [1.29, 1.82) is 0 Å². The first-order valence-electron chi connectivity index (χ1n) is 4.95. The molecule has 78 valence electrons. The second kappa shape index (κ2) is 3.42. The Morgan fingerprint density at radius 2 is 2.33 bits per heavy atom. The Morgan fingerprint density at radius 3 is 3.00 bits per heavy atom. The lowest BCUT2D eigenvalue weighted by molar-refractivity contribution is -0.115. The Kier molecular flexibility index (Phi) is 2.23. The van der Waals surface area contributed by atoms with E-state index in [4.69, 9.17) is 0 Å². The first-order chi connectivity index (χ1) is 7.11. The number of carbonyl (C=O) groups is 1. The van der Waals surface area contributed by atoms with Crippen LogP contribution in [0.15, 0.2) is 18.7 Å². The molecule has 0 saturated carbocycles. The van der Waals surface area contributed by atoms with E-state index in [9.17, 15) is 9.90 Å². The van der Waals surface area contributed by atoms with Crippen LogP contribution in [0.5, 0.6) is 5.75 Å². The number of anilines is 1. The van der Waals surface area contributed by atoms with E-state index in [0.717, 1.165) is 23.1 Å². The zero-order valence-corrected chi connectivity index (χ0v) is 8.63. The maximum atomic E-state index is 11.1. The Bertz CT molecular complexity index is 449. The summed E-state index contributed by atoms with van der Waals surface area (Å²) in [5.74, 6) is 0.159. The van der Waals surface area contributed by atoms with Crippen molar-refractivity contribution in [2.45, 2.75) is 19.8 Å². The molecule has 0 unspecified atom stereocenters. The van der Waals surface area contributed by atoms with Crippen LogP contribution in [0.2, 0.25) is 0 Å². The molecule has 0 saturated heterocycles. The lowest BCUT2D eigenvalue weighted by Gasteiger charge is -2.08. The molecule has 1 heterocycles. The number of amides is 1. The highest BCUT2D eigenvalue weighted by Crippen LogP contribution is 2.34. The van der Waals surface area contributed by atoms with Crippen LogP contribution >= 0.6 is 0 Å². The van der Waals surface area contributed by atoms with Crippen molar-refractivity contribution in [3.05, 3.63) is 29.8 Å². The number of carbonyl (C=O) groups excluding carboxylic acids is 1. The second-order valence-corrected chi connectivity index (χ2v) is 3.71. The third-order valence-electron chi connectivity index (χ3n) is 2.65. The van der Waals surface area contributed by atoms with Gasteiger partial charge < -0.3 is 10.4 Å². The molecule has 0 aromatic heterocycles. The quantitative estimate of drug-likeness (QED) is 0.774. The fourth-order valence-electron chi connectivity index (χ4n) is 1.74. The first-order valence-corrected chi connectivity index (χ1v) is 4.95. The largest absolute Gasteiger partial charge is 0.507 e. The fraction of sp³-hybridized carbons (Fsp3) is 0.250. The van der Waals surface area contributed by atoms with Crippen molar-refractivity contribution in [1.82, 2.24) is 0 Å². The molecule has 15 heavy (non-hydrogen) atoms. The van der Waals surface area contributed by atoms with Gasteiger partial charge in [-0.1, -0.05) is 13.5 Å². The van der Waals surface area contributed by atoms with Crippen molar-refractivity contribution >= 4 is 17.2 Å². The molecule has 2 rings (SSSR count). The van der Waals surface area contributed by atoms with Gasteiger partial charge in [-0.15, -0.1) is 0 Å². The normalized spacial score (nSPS) is 13.5. The number of phenols is 1. The summed E-state index contributed by atoms with van der Waals surface area (Å²) in [7, 11) is 0. The smallest absolute Gasteiger partial charge is 0.228 e. The highest BCUT2D eigenvalue weighted by molar-refractivity contribution is 6.00. The molecule has 3 nitrogen and oxygen atoms in total. The zero-order chi connectivity index (χ0) is 11.0. The van der Waals surface area contributed by atoms with Gasteiger partial charge in [0.25, 0.3) is 0 Å².